The molecule has 3 aliphatic rings. The molecule has 0 spiro atoms. The predicted octanol–water partition coefficient (Wildman–Crippen LogP) is 0.738. The van der Waals surface area contributed by atoms with Crippen molar-refractivity contribution in [3.8, 4) is 0 Å². The summed E-state index contributed by atoms with van der Waals surface area (Å²) < 4.78 is 5.46. The van der Waals surface area contributed by atoms with Crippen molar-refractivity contribution in [2.45, 2.75) is 32.8 Å². The Morgan fingerprint density at radius 1 is 1.35 bits per heavy atom. The van der Waals surface area contributed by atoms with Crippen LogP contribution in [0.25, 0.3) is 0 Å². The lowest BCUT2D eigenvalue weighted by Gasteiger charge is -2.24. The van der Waals surface area contributed by atoms with Crippen LogP contribution in [0.4, 0.5) is 0 Å². The third-order valence-electron chi connectivity index (χ3n) is 4.63. The van der Waals surface area contributed by atoms with Crippen molar-refractivity contribution in [3.05, 3.63) is 0 Å². The van der Waals surface area contributed by atoms with E-state index in [0.717, 1.165) is 32.5 Å². The molecule has 0 radical (unpaired) electrons. The average Bonchev–Trinajstić information content (AvgIpc) is 3.08. The van der Waals surface area contributed by atoms with Crippen LogP contribution in [0.2, 0.25) is 0 Å². The maximum atomic E-state index is 12.4. The maximum Gasteiger partial charge on any atom is 0.251 e. The number of ether oxygens (including phenoxy) is 1. The van der Waals surface area contributed by atoms with Gasteiger partial charge in [-0.15, -0.1) is 0 Å². The van der Waals surface area contributed by atoms with Crippen LogP contribution in [-0.4, -0.2) is 60.5 Å². The molecule has 5 heteroatoms. The fourth-order valence-corrected chi connectivity index (χ4v) is 3.70. The van der Waals surface area contributed by atoms with Crippen LogP contribution >= 0.6 is 0 Å². The van der Waals surface area contributed by atoms with Crippen LogP contribution in [0.5, 0.6) is 0 Å². The summed E-state index contributed by atoms with van der Waals surface area (Å²) >= 11 is 0. The lowest BCUT2D eigenvalue weighted by atomic mass is 10.0. The SMILES string of the molecule is CC(C)CN1C[C@@H]2CN(C(=O)[C@H]3CCCO3)C[C@H]2C1=O. The van der Waals surface area contributed by atoms with E-state index in [1.165, 1.54) is 0 Å². The molecule has 0 aromatic carbocycles. The molecule has 3 heterocycles. The lowest BCUT2D eigenvalue weighted by molar-refractivity contribution is -0.140. The molecule has 20 heavy (non-hydrogen) atoms. The minimum absolute atomic E-state index is 0.0269. The predicted molar refractivity (Wildman–Crippen MR) is 74.0 cm³/mol. The molecule has 3 fully saturated rings. The highest BCUT2D eigenvalue weighted by Gasteiger charge is 2.48. The van der Waals surface area contributed by atoms with Gasteiger partial charge in [-0.1, -0.05) is 13.8 Å². The monoisotopic (exact) mass is 280 g/mol. The number of hydrogen-bond donors (Lipinski definition) is 0. The molecule has 0 aliphatic carbocycles. The summed E-state index contributed by atoms with van der Waals surface area (Å²) in [6.45, 7) is 7.93. The summed E-state index contributed by atoms with van der Waals surface area (Å²) in [7, 11) is 0. The van der Waals surface area contributed by atoms with E-state index in [4.69, 9.17) is 4.74 Å². The Kier molecular flexibility index (Phi) is 3.71. The van der Waals surface area contributed by atoms with Gasteiger partial charge in [-0.3, -0.25) is 9.59 Å². The summed E-state index contributed by atoms with van der Waals surface area (Å²) in [5.74, 6) is 1.19. The molecular formula is C15H24N2O3. The lowest BCUT2D eigenvalue weighted by Crippen LogP contribution is -2.41. The Balaban J connectivity index is 1.59. The Bertz CT molecular complexity index is 404. The summed E-state index contributed by atoms with van der Waals surface area (Å²) in [6.07, 6.45) is 1.55. The molecule has 5 nitrogen and oxygen atoms in total. The van der Waals surface area contributed by atoms with E-state index < -0.39 is 0 Å². The minimum atomic E-state index is -0.254. The molecular weight excluding hydrogens is 256 g/mol. The van der Waals surface area contributed by atoms with Crippen LogP contribution in [0, 0.1) is 17.8 Å². The summed E-state index contributed by atoms with van der Waals surface area (Å²) in [4.78, 5) is 28.5. The van der Waals surface area contributed by atoms with E-state index in [-0.39, 0.29) is 23.8 Å². The third-order valence-corrected chi connectivity index (χ3v) is 4.63. The first kappa shape index (κ1) is 13.9. The van der Waals surface area contributed by atoms with E-state index in [9.17, 15) is 9.59 Å². The number of fused-ring (bicyclic) bond motifs is 1. The van der Waals surface area contributed by atoms with E-state index in [0.29, 0.717) is 25.0 Å². The second-order valence-corrected chi connectivity index (χ2v) is 6.75. The van der Waals surface area contributed by atoms with E-state index in [2.05, 4.69) is 13.8 Å². The Morgan fingerprint density at radius 2 is 2.15 bits per heavy atom. The molecule has 0 saturated carbocycles. The zero-order chi connectivity index (χ0) is 14.3. The fraction of sp³-hybridized carbons (Fsp3) is 0.867. The van der Waals surface area contributed by atoms with Gasteiger partial charge in [0.05, 0.1) is 5.92 Å². The Morgan fingerprint density at radius 3 is 2.75 bits per heavy atom. The molecule has 112 valence electrons. The molecule has 0 unspecified atom stereocenters. The first-order valence-electron chi connectivity index (χ1n) is 7.75. The fourth-order valence-electron chi connectivity index (χ4n) is 3.70. The van der Waals surface area contributed by atoms with Gasteiger partial charge in [0.1, 0.15) is 6.10 Å². The van der Waals surface area contributed by atoms with Crippen molar-refractivity contribution >= 4 is 11.8 Å². The number of nitrogens with zero attached hydrogens (tertiary/aromatic N) is 2. The van der Waals surface area contributed by atoms with Crippen molar-refractivity contribution in [3.63, 3.8) is 0 Å². The number of hydrogen-bond acceptors (Lipinski definition) is 3. The maximum absolute atomic E-state index is 12.4. The van der Waals surface area contributed by atoms with Gasteiger partial charge in [0, 0.05) is 38.7 Å². The molecule has 3 atom stereocenters. The standard InChI is InChI=1S/C15H24N2O3/c1-10(2)6-16-7-11-8-17(9-12(11)14(16)18)15(19)13-4-3-5-20-13/h10-13H,3-9H2,1-2H3/t11-,12-,13-/m1/s1. The van der Waals surface area contributed by atoms with Crippen molar-refractivity contribution in [1.82, 2.24) is 9.80 Å². The van der Waals surface area contributed by atoms with Gasteiger partial charge in [-0.05, 0) is 18.8 Å². The van der Waals surface area contributed by atoms with E-state index in [1.54, 1.807) is 0 Å². The van der Waals surface area contributed by atoms with Gasteiger partial charge in [0.15, 0.2) is 0 Å². The van der Waals surface area contributed by atoms with Crippen LogP contribution < -0.4 is 0 Å². The number of amides is 2. The Labute approximate surface area is 120 Å². The smallest absolute Gasteiger partial charge is 0.251 e. The summed E-state index contributed by atoms with van der Waals surface area (Å²) in [5.41, 5.74) is 0. The Hall–Kier alpha value is -1.10. The zero-order valence-electron chi connectivity index (χ0n) is 12.4. The minimum Gasteiger partial charge on any atom is -0.368 e. The van der Waals surface area contributed by atoms with Gasteiger partial charge < -0.3 is 14.5 Å². The van der Waals surface area contributed by atoms with Gasteiger partial charge in [0.2, 0.25) is 5.91 Å². The topological polar surface area (TPSA) is 49.9 Å². The zero-order valence-corrected chi connectivity index (χ0v) is 12.4. The van der Waals surface area contributed by atoms with E-state index >= 15 is 0 Å². The molecule has 0 N–H and O–H groups in total. The van der Waals surface area contributed by atoms with Gasteiger partial charge in [-0.25, -0.2) is 0 Å². The highest BCUT2D eigenvalue weighted by molar-refractivity contribution is 5.86. The van der Waals surface area contributed by atoms with Crippen LogP contribution in [0.1, 0.15) is 26.7 Å². The normalized spacial score (nSPS) is 33.4. The largest absolute Gasteiger partial charge is 0.368 e. The quantitative estimate of drug-likeness (QED) is 0.766. The first-order chi connectivity index (χ1) is 9.56. The summed E-state index contributed by atoms with van der Waals surface area (Å²) in [5, 5.41) is 0. The highest BCUT2D eigenvalue weighted by atomic mass is 16.5. The average molecular weight is 280 g/mol. The second kappa shape index (κ2) is 5.35. The van der Waals surface area contributed by atoms with E-state index in [1.807, 2.05) is 9.80 Å². The van der Waals surface area contributed by atoms with Crippen LogP contribution in [0.15, 0.2) is 0 Å². The molecule has 3 aliphatic heterocycles. The molecule has 0 bridgehead atoms. The molecule has 3 saturated heterocycles. The van der Waals surface area contributed by atoms with Gasteiger partial charge in [0.25, 0.3) is 5.91 Å². The summed E-state index contributed by atoms with van der Waals surface area (Å²) in [6, 6.07) is 0. The van der Waals surface area contributed by atoms with Crippen molar-refractivity contribution in [2.24, 2.45) is 17.8 Å². The molecule has 3 rings (SSSR count). The molecule has 0 aromatic rings. The van der Waals surface area contributed by atoms with Gasteiger partial charge in [-0.2, -0.15) is 0 Å². The second-order valence-electron chi connectivity index (χ2n) is 6.75. The van der Waals surface area contributed by atoms with Crippen molar-refractivity contribution in [2.75, 3.05) is 32.8 Å². The molecule has 0 aromatic heterocycles. The van der Waals surface area contributed by atoms with Crippen LogP contribution in [-0.2, 0) is 14.3 Å². The van der Waals surface area contributed by atoms with Crippen molar-refractivity contribution in [1.29, 1.82) is 0 Å². The van der Waals surface area contributed by atoms with Crippen LogP contribution in [0.3, 0.4) is 0 Å². The van der Waals surface area contributed by atoms with Crippen molar-refractivity contribution < 1.29 is 14.3 Å². The third kappa shape index (κ3) is 2.43. The number of rotatable bonds is 3. The first-order valence-corrected chi connectivity index (χ1v) is 7.75. The number of carbonyl (C=O) groups excluding carboxylic acids is 2. The van der Waals surface area contributed by atoms with Gasteiger partial charge >= 0.3 is 0 Å². The molecule has 2 amide bonds. The number of carbonyl (C=O) groups is 2. The number of likely N-dealkylation sites (tertiary alicyclic amines) is 2. The highest BCUT2D eigenvalue weighted by Crippen LogP contribution is 2.33.